The molecule has 0 spiro atoms. The minimum absolute atomic E-state index is 0.168. The van der Waals surface area contributed by atoms with Gasteiger partial charge in [0.2, 0.25) is 0 Å². The number of unbranched alkanes of at least 4 members (excludes halogenated alkanes) is 1. The Bertz CT molecular complexity index is 378. The SMILES string of the molecule is CCCCC(CC)COC(CNCC)c1ccccc1C. The quantitative estimate of drug-likeness (QED) is 0.627. The lowest BCUT2D eigenvalue weighted by Gasteiger charge is -2.23. The molecule has 0 saturated heterocycles. The number of likely N-dealkylation sites (N-methyl/N-ethyl adjacent to an activating group) is 1. The number of benzene rings is 1. The molecule has 0 bridgehead atoms. The molecule has 0 aliphatic heterocycles. The summed E-state index contributed by atoms with van der Waals surface area (Å²) in [5.41, 5.74) is 2.64. The fraction of sp³-hybridized carbons (Fsp3) is 0.684. The predicted molar refractivity (Wildman–Crippen MR) is 91.7 cm³/mol. The van der Waals surface area contributed by atoms with Crippen LogP contribution in [0.5, 0.6) is 0 Å². The molecule has 2 unspecified atom stereocenters. The Balaban J connectivity index is 2.63. The normalized spacial score (nSPS) is 14.1. The lowest BCUT2D eigenvalue weighted by atomic mass is 9.99. The van der Waals surface area contributed by atoms with Gasteiger partial charge in [-0.2, -0.15) is 0 Å². The van der Waals surface area contributed by atoms with Crippen LogP contribution >= 0.6 is 0 Å². The van der Waals surface area contributed by atoms with Gasteiger partial charge in [0.15, 0.2) is 0 Å². The van der Waals surface area contributed by atoms with Crippen molar-refractivity contribution in [1.29, 1.82) is 0 Å². The Morgan fingerprint density at radius 1 is 1.14 bits per heavy atom. The van der Waals surface area contributed by atoms with Crippen molar-refractivity contribution in [3.8, 4) is 0 Å². The van der Waals surface area contributed by atoms with Crippen LogP contribution in [-0.2, 0) is 4.74 Å². The van der Waals surface area contributed by atoms with E-state index in [0.29, 0.717) is 5.92 Å². The molecule has 1 aromatic rings. The van der Waals surface area contributed by atoms with Crippen LogP contribution in [0.3, 0.4) is 0 Å². The molecule has 1 rings (SSSR count). The second-order valence-electron chi connectivity index (χ2n) is 5.90. The van der Waals surface area contributed by atoms with Crippen LogP contribution in [0.25, 0.3) is 0 Å². The van der Waals surface area contributed by atoms with Crippen molar-refractivity contribution in [1.82, 2.24) is 5.32 Å². The molecule has 1 N–H and O–H groups in total. The molecule has 0 aliphatic carbocycles. The van der Waals surface area contributed by atoms with E-state index < -0.39 is 0 Å². The zero-order valence-corrected chi connectivity index (χ0v) is 14.3. The van der Waals surface area contributed by atoms with Crippen LogP contribution in [0, 0.1) is 12.8 Å². The fourth-order valence-corrected chi connectivity index (χ4v) is 2.63. The van der Waals surface area contributed by atoms with Gasteiger partial charge in [0.1, 0.15) is 0 Å². The molecule has 21 heavy (non-hydrogen) atoms. The number of nitrogens with one attached hydrogen (secondary N) is 1. The van der Waals surface area contributed by atoms with E-state index in [-0.39, 0.29) is 6.10 Å². The molecule has 2 heteroatoms. The lowest BCUT2D eigenvalue weighted by Crippen LogP contribution is -2.25. The smallest absolute Gasteiger partial charge is 0.0951 e. The van der Waals surface area contributed by atoms with Crippen molar-refractivity contribution < 1.29 is 4.74 Å². The van der Waals surface area contributed by atoms with Gasteiger partial charge < -0.3 is 10.1 Å². The van der Waals surface area contributed by atoms with Crippen LogP contribution in [0.2, 0.25) is 0 Å². The summed E-state index contributed by atoms with van der Waals surface area (Å²) in [5, 5.41) is 3.43. The van der Waals surface area contributed by atoms with Gasteiger partial charge in [-0.05, 0) is 36.9 Å². The van der Waals surface area contributed by atoms with E-state index >= 15 is 0 Å². The summed E-state index contributed by atoms with van der Waals surface area (Å²) < 4.78 is 6.30. The molecule has 0 radical (unpaired) electrons. The van der Waals surface area contributed by atoms with Crippen LogP contribution in [-0.4, -0.2) is 19.7 Å². The molecule has 0 saturated carbocycles. The van der Waals surface area contributed by atoms with Crippen molar-refractivity contribution in [2.24, 2.45) is 5.92 Å². The van der Waals surface area contributed by atoms with Gasteiger partial charge in [-0.1, -0.05) is 64.3 Å². The van der Waals surface area contributed by atoms with E-state index in [9.17, 15) is 0 Å². The van der Waals surface area contributed by atoms with E-state index in [0.717, 1.165) is 19.7 Å². The van der Waals surface area contributed by atoms with Crippen molar-refractivity contribution >= 4 is 0 Å². The molecule has 0 aromatic heterocycles. The standard InChI is InChI=1S/C19H33NO/c1-5-8-12-17(6-2)15-21-19(14-20-7-3)18-13-10-9-11-16(18)4/h9-11,13,17,19-20H,5-8,12,14-15H2,1-4H3. The number of hydrogen-bond acceptors (Lipinski definition) is 2. The molecular formula is C19H33NO. The highest BCUT2D eigenvalue weighted by Gasteiger charge is 2.16. The Morgan fingerprint density at radius 2 is 1.90 bits per heavy atom. The molecule has 0 aliphatic rings. The highest BCUT2D eigenvalue weighted by atomic mass is 16.5. The first-order chi connectivity index (χ1) is 10.2. The Labute approximate surface area is 131 Å². The molecule has 2 atom stereocenters. The summed E-state index contributed by atoms with van der Waals surface area (Å²) in [6.07, 6.45) is 5.25. The molecule has 2 nitrogen and oxygen atoms in total. The van der Waals surface area contributed by atoms with E-state index in [1.165, 1.54) is 36.8 Å². The van der Waals surface area contributed by atoms with Gasteiger partial charge in [-0.3, -0.25) is 0 Å². The second kappa shape index (κ2) is 10.8. The van der Waals surface area contributed by atoms with Gasteiger partial charge in [0.05, 0.1) is 12.7 Å². The van der Waals surface area contributed by atoms with E-state index in [4.69, 9.17) is 4.74 Å². The van der Waals surface area contributed by atoms with Crippen molar-refractivity contribution in [2.75, 3.05) is 19.7 Å². The number of aryl methyl sites for hydroxylation is 1. The summed E-state index contributed by atoms with van der Waals surface area (Å²) >= 11 is 0. The first-order valence-electron chi connectivity index (χ1n) is 8.60. The third-order valence-electron chi connectivity index (χ3n) is 4.19. The average Bonchev–Trinajstić information content (AvgIpc) is 2.51. The maximum Gasteiger partial charge on any atom is 0.0951 e. The highest BCUT2D eigenvalue weighted by molar-refractivity contribution is 5.28. The van der Waals surface area contributed by atoms with Crippen molar-refractivity contribution in [2.45, 2.75) is 59.5 Å². The number of rotatable bonds is 11. The molecule has 120 valence electrons. The maximum atomic E-state index is 6.30. The molecule has 0 amide bonds. The summed E-state index contributed by atoms with van der Waals surface area (Å²) in [5.74, 6) is 0.693. The summed E-state index contributed by atoms with van der Waals surface area (Å²) in [4.78, 5) is 0. The topological polar surface area (TPSA) is 21.3 Å². The molecule has 1 aromatic carbocycles. The summed E-state index contributed by atoms with van der Waals surface area (Å²) in [7, 11) is 0. The fourth-order valence-electron chi connectivity index (χ4n) is 2.63. The summed E-state index contributed by atoms with van der Waals surface area (Å²) in [6, 6.07) is 8.58. The first-order valence-corrected chi connectivity index (χ1v) is 8.60. The van der Waals surface area contributed by atoms with Crippen molar-refractivity contribution in [3.63, 3.8) is 0 Å². The third kappa shape index (κ3) is 6.62. The van der Waals surface area contributed by atoms with E-state index in [2.05, 4.69) is 57.3 Å². The van der Waals surface area contributed by atoms with Gasteiger partial charge >= 0.3 is 0 Å². The Kier molecular flexibility index (Phi) is 9.36. The van der Waals surface area contributed by atoms with Crippen molar-refractivity contribution in [3.05, 3.63) is 35.4 Å². The minimum Gasteiger partial charge on any atom is -0.372 e. The van der Waals surface area contributed by atoms with Crippen LogP contribution < -0.4 is 5.32 Å². The summed E-state index contributed by atoms with van der Waals surface area (Å²) in [6.45, 7) is 11.6. The Hall–Kier alpha value is -0.860. The monoisotopic (exact) mass is 291 g/mol. The van der Waals surface area contributed by atoms with Crippen LogP contribution in [0.4, 0.5) is 0 Å². The largest absolute Gasteiger partial charge is 0.372 e. The van der Waals surface area contributed by atoms with Gasteiger partial charge in [-0.25, -0.2) is 0 Å². The van der Waals surface area contributed by atoms with Crippen LogP contribution in [0.1, 0.15) is 63.7 Å². The zero-order valence-electron chi connectivity index (χ0n) is 14.3. The lowest BCUT2D eigenvalue weighted by molar-refractivity contribution is 0.0249. The average molecular weight is 291 g/mol. The molecule has 0 heterocycles. The van der Waals surface area contributed by atoms with E-state index in [1.54, 1.807) is 0 Å². The van der Waals surface area contributed by atoms with Gasteiger partial charge in [-0.15, -0.1) is 0 Å². The van der Waals surface area contributed by atoms with Gasteiger partial charge in [0, 0.05) is 6.54 Å². The van der Waals surface area contributed by atoms with E-state index in [1.807, 2.05) is 0 Å². The predicted octanol–water partition coefficient (Wildman–Crippen LogP) is 4.88. The number of ether oxygens (including phenoxy) is 1. The number of hydrogen-bond donors (Lipinski definition) is 1. The second-order valence-corrected chi connectivity index (χ2v) is 5.90. The Morgan fingerprint density at radius 3 is 2.52 bits per heavy atom. The maximum absolute atomic E-state index is 6.30. The molecule has 0 fully saturated rings. The van der Waals surface area contributed by atoms with Crippen LogP contribution in [0.15, 0.2) is 24.3 Å². The third-order valence-corrected chi connectivity index (χ3v) is 4.19. The first kappa shape index (κ1) is 18.2. The highest BCUT2D eigenvalue weighted by Crippen LogP contribution is 2.23. The molecular weight excluding hydrogens is 258 g/mol. The zero-order chi connectivity index (χ0) is 15.5. The van der Waals surface area contributed by atoms with Gasteiger partial charge in [0.25, 0.3) is 0 Å². The minimum atomic E-state index is 0.168.